The Morgan fingerprint density at radius 1 is 0.516 bits per heavy atom. The van der Waals surface area contributed by atoms with E-state index in [9.17, 15) is 0 Å². The van der Waals surface area contributed by atoms with E-state index in [0.29, 0.717) is 0 Å². The first-order valence-corrected chi connectivity index (χ1v) is 21.8. The van der Waals surface area contributed by atoms with Crippen LogP contribution < -0.4 is 4.90 Å². The van der Waals surface area contributed by atoms with E-state index in [4.69, 9.17) is 0 Å². The Morgan fingerprint density at radius 2 is 1.00 bits per heavy atom. The summed E-state index contributed by atoms with van der Waals surface area (Å²) in [7, 11) is 0. The van der Waals surface area contributed by atoms with E-state index in [1.165, 1.54) is 88.8 Å². The predicted octanol–water partition coefficient (Wildman–Crippen LogP) is 16.0. The molecule has 1 unspecified atom stereocenters. The SMILES string of the molecule is C=Cc1ccc(-c2ccc3c(c2)c2cc(-c4ccc(N(c5ccc(-c6ccccc6)cc5)C5(C)C=C6C(=CC5)c5ccccc5C6(C)C)cc4)ccc2n3-c2ccccc2)cc1. The number of nitrogens with zero attached hydrogens (tertiary/aromatic N) is 2. The highest BCUT2D eigenvalue weighted by atomic mass is 15.2. The average Bonchev–Trinajstić information content (AvgIpc) is 3.76. The van der Waals surface area contributed by atoms with Crippen LogP contribution in [0.1, 0.15) is 43.9 Å². The smallest absolute Gasteiger partial charge is 0.0646 e. The van der Waals surface area contributed by atoms with Gasteiger partial charge in [-0.3, -0.25) is 0 Å². The Bertz CT molecular complexity index is 3220. The van der Waals surface area contributed by atoms with Gasteiger partial charge in [-0.2, -0.15) is 0 Å². The van der Waals surface area contributed by atoms with Crippen molar-refractivity contribution < 1.29 is 0 Å². The first kappa shape index (κ1) is 37.6. The molecule has 1 aromatic heterocycles. The van der Waals surface area contributed by atoms with Crippen molar-refractivity contribution in [1.29, 1.82) is 0 Å². The number of rotatable bonds is 8. The molecule has 8 aromatic carbocycles. The maximum atomic E-state index is 3.95. The predicted molar refractivity (Wildman–Crippen MR) is 264 cm³/mol. The molecule has 1 heterocycles. The standard InChI is InChI=1S/C60H48N2/c1-5-41-20-22-44(23-21-41)46-28-34-57-53(38-46)54-39-47(29-35-58(54)61(57)48-16-10-7-11-17-48)45-26-32-50(33-27-45)62(49-30-24-43(25-31-49)42-14-8-6-9-15-42)60(4)37-36-52-51-18-12-13-19-55(51)59(2,3)56(52)40-60/h5-36,38-40H,1,37H2,2-4H3. The summed E-state index contributed by atoms with van der Waals surface area (Å²) >= 11 is 0. The van der Waals surface area contributed by atoms with Crippen molar-refractivity contribution in [2.45, 2.75) is 38.1 Å². The summed E-state index contributed by atoms with van der Waals surface area (Å²) in [6.07, 6.45) is 7.84. The molecule has 0 bridgehead atoms. The second-order valence-electron chi connectivity index (χ2n) is 17.7. The van der Waals surface area contributed by atoms with Crippen molar-refractivity contribution in [2.75, 3.05) is 4.90 Å². The van der Waals surface area contributed by atoms with Gasteiger partial charge in [0, 0.05) is 33.2 Å². The molecule has 2 aliphatic carbocycles. The van der Waals surface area contributed by atoms with Gasteiger partial charge in [0.2, 0.25) is 0 Å². The van der Waals surface area contributed by atoms with Gasteiger partial charge in [-0.1, -0.05) is 172 Å². The molecule has 9 aromatic rings. The zero-order chi connectivity index (χ0) is 42.0. The van der Waals surface area contributed by atoms with Gasteiger partial charge in [0.1, 0.15) is 0 Å². The number of anilines is 2. The molecular formula is C60H48N2. The highest BCUT2D eigenvalue weighted by Gasteiger charge is 2.43. The zero-order valence-corrected chi connectivity index (χ0v) is 35.5. The van der Waals surface area contributed by atoms with Crippen LogP contribution in [0.25, 0.3) is 72.5 Å². The van der Waals surface area contributed by atoms with Crippen molar-refractivity contribution >= 4 is 44.8 Å². The Balaban J connectivity index is 1.01. The number of hydrogen-bond acceptors (Lipinski definition) is 1. The van der Waals surface area contributed by atoms with Gasteiger partial charge in [0.25, 0.3) is 0 Å². The minimum Gasteiger partial charge on any atom is -0.332 e. The van der Waals surface area contributed by atoms with E-state index in [1.807, 2.05) is 6.08 Å². The Labute approximate surface area is 365 Å². The van der Waals surface area contributed by atoms with Crippen LogP contribution in [0.4, 0.5) is 11.4 Å². The van der Waals surface area contributed by atoms with Crippen LogP contribution in [0, 0.1) is 0 Å². The van der Waals surface area contributed by atoms with Gasteiger partial charge >= 0.3 is 0 Å². The van der Waals surface area contributed by atoms with Crippen LogP contribution in [0.3, 0.4) is 0 Å². The summed E-state index contributed by atoms with van der Waals surface area (Å²) in [5, 5.41) is 2.47. The van der Waals surface area contributed by atoms with Crippen molar-refractivity contribution in [3.8, 4) is 39.1 Å². The fourth-order valence-electron chi connectivity index (χ4n) is 10.2. The second kappa shape index (κ2) is 14.6. The lowest BCUT2D eigenvalue weighted by atomic mass is 9.76. The molecule has 0 N–H and O–H groups in total. The molecule has 0 radical (unpaired) electrons. The fourth-order valence-corrected chi connectivity index (χ4v) is 10.2. The normalized spacial score (nSPS) is 16.4. The number of benzene rings is 8. The topological polar surface area (TPSA) is 8.17 Å². The first-order valence-electron chi connectivity index (χ1n) is 21.8. The molecule has 298 valence electrons. The molecule has 0 saturated heterocycles. The quantitative estimate of drug-likeness (QED) is 0.149. The van der Waals surface area contributed by atoms with Gasteiger partial charge in [0.05, 0.1) is 16.6 Å². The third kappa shape index (κ3) is 6.17. The van der Waals surface area contributed by atoms with Gasteiger partial charge in [0.15, 0.2) is 0 Å². The van der Waals surface area contributed by atoms with Crippen molar-refractivity contribution in [1.82, 2.24) is 4.57 Å². The fraction of sp³-hybridized carbons (Fsp3) is 0.100. The Hall–Kier alpha value is -7.42. The van der Waals surface area contributed by atoms with E-state index in [-0.39, 0.29) is 11.0 Å². The molecule has 0 spiro atoms. The zero-order valence-electron chi connectivity index (χ0n) is 35.5. The van der Waals surface area contributed by atoms with Gasteiger partial charge in [-0.05, 0) is 135 Å². The Morgan fingerprint density at radius 3 is 1.58 bits per heavy atom. The average molecular weight is 797 g/mol. The minimum absolute atomic E-state index is 0.0873. The second-order valence-corrected chi connectivity index (χ2v) is 17.7. The number of aromatic nitrogens is 1. The summed E-state index contributed by atoms with van der Waals surface area (Å²) in [5.74, 6) is 0. The molecule has 0 amide bonds. The lowest BCUT2D eigenvalue weighted by Crippen LogP contribution is -2.43. The van der Waals surface area contributed by atoms with Crippen LogP contribution in [0.15, 0.2) is 218 Å². The van der Waals surface area contributed by atoms with Gasteiger partial charge in [-0.25, -0.2) is 0 Å². The summed E-state index contributed by atoms with van der Waals surface area (Å²) < 4.78 is 2.40. The van der Waals surface area contributed by atoms with Crippen LogP contribution in [0.5, 0.6) is 0 Å². The summed E-state index contributed by atoms with van der Waals surface area (Å²) in [5.41, 5.74) is 19.4. The van der Waals surface area contributed by atoms with Crippen LogP contribution >= 0.6 is 0 Å². The van der Waals surface area contributed by atoms with Crippen molar-refractivity contribution in [2.24, 2.45) is 0 Å². The highest BCUT2D eigenvalue weighted by Crippen LogP contribution is 2.54. The van der Waals surface area contributed by atoms with Crippen molar-refractivity contribution in [3.05, 3.63) is 235 Å². The lowest BCUT2D eigenvalue weighted by Gasteiger charge is -2.44. The lowest BCUT2D eigenvalue weighted by molar-refractivity contribution is 0.550. The maximum Gasteiger partial charge on any atom is 0.0646 e. The molecule has 0 fully saturated rings. The monoisotopic (exact) mass is 796 g/mol. The van der Waals surface area contributed by atoms with Crippen LogP contribution in [-0.2, 0) is 5.41 Å². The van der Waals surface area contributed by atoms with Gasteiger partial charge < -0.3 is 9.47 Å². The van der Waals surface area contributed by atoms with Crippen LogP contribution in [-0.4, -0.2) is 10.1 Å². The first-order chi connectivity index (χ1) is 30.3. The minimum atomic E-state index is -0.310. The number of hydrogen-bond donors (Lipinski definition) is 0. The molecule has 0 aliphatic heterocycles. The van der Waals surface area contributed by atoms with Crippen LogP contribution in [0.2, 0.25) is 0 Å². The molecule has 1 atom stereocenters. The summed E-state index contributed by atoms with van der Waals surface area (Å²) in [6.45, 7) is 11.1. The van der Waals surface area contributed by atoms with E-state index in [0.717, 1.165) is 17.7 Å². The molecule has 11 rings (SSSR count). The molecule has 62 heavy (non-hydrogen) atoms. The van der Waals surface area contributed by atoms with Crippen molar-refractivity contribution in [3.63, 3.8) is 0 Å². The van der Waals surface area contributed by atoms with E-state index >= 15 is 0 Å². The molecule has 0 saturated carbocycles. The summed E-state index contributed by atoms with van der Waals surface area (Å²) in [6, 6.07) is 71.2. The number of fused-ring (bicyclic) bond motifs is 6. The van der Waals surface area contributed by atoms with Gasteiger partial charge in [-0.15, -0.1) is 0 Å². The van der Waals surface area contributed by atoms with E-state index in [1.54, 1.807) is 0 Å². The van der Waals surface area contributed by atoms with E-state index in [2.05, 4.69) is 243 Å². The Kier molecular flexibility index (Phi) is 8.87. The third-order valence-electron chi connectivity index (χ3n) is 13.5. The highest BCUT2D eigenvalue weighted by molar-refractivity contribution is 6.11. The largest absolute Gasteiger partial charge is 0.332 e. The maximum absolute atomic E-state index is 3.95. The molecule has 2 aliphatic rings. The van der Waals surface area contributed by atoms with E-state index < -0.39 is 0 Å². The summed E-state index contributed by atoms with van der Waals surface area (Å²) in [4.78, 5) is 2.56. The molecular weight excluding hydrogens is 749 g/mol. The third-order valence-corrected chi connectivity index (χ3v) is 13.5. The molecule has 2 heteroatoms. The number of para-hydroxylation sites is 1. The molecule has 2 nitrogen and oxygen atoms in total. The number of allylic oxidation sites excluding steroid dienone is 2.